The molecule has 1 saturated carbocycles. The highest BCUT2D eigenvalue weighted by Crippen LogP contribution is 2.46. The lowest BCUT2D eigenvalue weighted by Crippen LogP contribution is -2.46. The fraction of sp³-hybridized carbons (Fsp3) is 0.536. The molecule has 2 fully saturated rings. The molecule has 2 aliphatic carbocycles. The summed E-state index contributed by atoms with van der Waals surface area (Å²) in [7, 11) is 0. The minimum Gasteiger partial charge on any atom is -0.462 e. The van der Waals surface area contributed by atoms with Gasteiger partial charge in [0.1, 0.15) is 6.10 Å². The molecule has 1 aromatic heterocycles. The van der Waals surface area contributed by atoms with Crippen LogP contribution in [0.25, 0.3) is 0 Å². The van der Waals surface area contributed by atoms with Crippen LogP contribution in [-0.4, -0.2) is 52.2 Å². The number of amides is 1. The second-order valence-electron chi connectivity index (χ2n) is 10.6. The molecule has 1 aliphatic heterocycles. The molecule has 3 unspecified atom stereocenters. The van der Waals surface area contributed by atoms with Crippen LogP contribution < -0.4 is 0 Å². The van der Waals surface area contributed by atoms with E-state index in [1.807, 2.05) is 17.2 Å². The van der Waals surface area contributed by atoms with Crippen LogP contribution in [0.4, 0.5) is 0 Å². The topological polar surface area (TPSA) is 79.7 Å². The smallest absolute Gasteiger partial charge is 0.302 e. The first-order chi connectivity index (χ1) is 17.7. The predicted molar refractivity (Wildman–Crippen MR) is 149 cm³/mol. The van der Waals surface area contributed by atoms with Gasteiger partial charge in [0.25, 0.3) is 0 Å². The number of ether oxygens (including phenoxy) is 1. The number of carbonyl (C=O) groups excluding carboxylic acids is 2. The van der Waals surface area contributed by atoms with Crippen molar-refractivity contribution in [1.29, 1.82) is 0 Å². The SMILES string of the molecule is CC(=O)OC1CC(O)CC(C(=O)N2CCC([C@H]3c4ncc(Br)cc4CCc4cc(Cl)cc(Br)c43)CC2)C1. The number of pyridine rings is 1. The van der Waals surface area contributed by atoms with Gasteiger partial charge in [0.2, 0.25) is 5.91 Å². The van der Waals surface area contributed by atoms with E-state index in [4.69, 9.17) is 21.3 Å². The zero-order chi connectivity index (χ0) is 26.3. The first-order valence-corrected chi connectivity index (χ1v) is 14.9. The van der Waals surface area contributed by atoms with Crippen molar-refractivity contribution in [2.45, 2.75) is 70.0 Å². The van der Waals surface area contributed by atoms with Crippen LogP contribution >= 0.6 is 43.5 Å². The minimum absolute atomic E-state index is 0.0611. The number of halogens is 3. The van der Waals surface area contributed by atoms with E-state index >= 15 is 0 Å². The number of aliphatic hydroxyl groups excluding tert-OH is 1. The third kappa shape index (κ3) is 5.92. The number of aromatic nitrogens is 1. The highest BCUT2D eigenvalue weighted by atomic mass is 79.9. The second kappa shape index (κ2) is 11.3. The van der Waals surface area contributed by atoms with E-state index in [1.165, 1.54) is 23.6 Å². The number of aryl methyl sites for hydroxylation is 2. The Morgan fingerprint density at radius 3 is 2.54 bits per heavy atom. The molecular formula is C28H31Br2ClN2O4. The van der Waals surface area contributed by atoms with E-state index in [2.05, 4.69) is 44.0 Å². The number of likely N-dealkylation sites (tertiary alicyclic amines) is 1. The zero-order valence-corrected chi connectivity index (χ0v) is 24.7. The molecule has 1 N–H and O–H groups in total. The molecule has 0 radical (unpaired) electrons. The van der Waals surface area contributed by atoms with Gasteiger partial charge in [-0.2, -0.15) is 0 Å². The molecule has 4 atom stereocenters. The number of carbonyl (C=O) groups is 2. The number of hydrogen-bond acceptors (Lipinski definition) is 5. The number of hydrogen-bond donors (Lipinski definition) is 1. The van der Waals surface area contributed by atoms with E-state index in [0.29, 0.717) is 38.3 Å². The van der Waals surface area contributed by atoms with Crippen LogP contribution in [0.15, 0.2) is 33.3 Å². The molecule has 1 amide bonds. The van der Waals surface area contributed by atoms with Crippen LogP contribution in [0.3, 0.4) is 0 Å². The van der Waals surface area contributed by atoms with Gasteiger partial charge in [0.05, 0.1) is 11.8 Å². The lowest BCUT2D eigenvalue weighted by molar-refractivity contribution is -0.155. The van der Waals surface area contributed by atoms with Crippen molar-refractivity contribution in [3.05, 3.63) is 60.7 Å². The number of fused-ring (bicyclic) bond motifs is 2. The van der Waals surface area contributed by atoms with E-state index in [0.717, 1.165) is 45.3 Å². The van der Waals surface area contributed by atoms with Crippen molar-refractivity contribution in [3.8, 4) is 0 Å². The third-order valence-corrected chi connectivity index (χ3v) is 9.37. The Labute approximate surface area is 239 Å². The number of esters is 1. The summed E-state index contributed by atoms with van der Waals surface area (Å²) in [6.45, 7) is 2.70. The number of aliphatic hydroxyl groups is 1. The normalized spacial score (nSPS) is 26.1. The van der Waals surface area contributed by atoms with Crippen LogP contribution in [0.5, 0.6) is 0 Å². The molecule has 5 rings (SSSR count). The number of rotatable bonds is 3. The zero-order valence-electron chi connectivity index (χ0n) is 20.8. The van der Waals surface area contributed by atoms with Crippen LogP contribution in [0.1, 0.15) is 67.3 Å². The summed E-state index contributed by atoms with van der Waals surface area (Å²) in [6.07, 6.45) is 5.69. The van der Waals surface area contributed by atoms with Crippen LogP contribution in [0, 0.1) is 11.8 Å². The van der Waals surface area contributed by atoms with Crippen molar-refractivity contribution >= 4 is 55.3 Å². The maximum atomic E-state index is 13.4. The van der Waals surface area contributed by atoms with Crippen molar-refractivity contribution in [2.75, 3.05) is 13.1 Å². The molecule has 6 nitrogen and oxygen atoms in total. The van der Waals surface area contributed by atoms with E-state index in [1.54, 1.807) is 0 Å². The molecule has 2 heterocycles. The molecule has 9 heteroatoms. The lowest BCUT2D eigenvalue weighted by Gasteiger charge is -2.40. The maximum absolute atomic E-state index is 13.4. The molecular weight excluding hydrogens is 624 g/mol. The molecule has 0 spiro atoms. The molecule has 198 valence electrons. The van der Waals surface area contributed by atoms with Gasteiger partial charge in [-0.3, -0.25) is 14.6 Å². The van der Waals surface area contributed by atoms with Crippen LogP contribution in [0.2, 0.25) is 5.02 Å². The van der Waals surface area contributed by atoms with Gasteiger partial charge < -0.3 is 14.7 Å². The Bertz CT molecular complexity index is 1200. The average Bonchev–Trinajstić information content (AvgIpc) is 2.99. The molecule has 1 aromatic carbocycles. The minimum atomic E-state index is -0.627. The summed E-state index contributed by atoms with van der Waals surface area (Å²) >= 11 is 13.8. The van der Waals surface area contributed by atoms with Gasteiger partial charge >= 0.3 is 5.97 Å². The number of piperidine rings is 1. The molecule has 2 aromatic rings. The quantitative estimate of drug-likeness (QED) is 0.422. The van der Waals surface area contributed by atoms with Crippen molar-refractivity contribution in [3.63, 3.8) is 0 Å². The highest BCUT2D eigenvalue weighted by molar-refractivity contribution is 9.10. The molecule has 0 bridgehead atoms. The van der Waals surface area contributed by atoms with Gasteiger partial charge in [-0.25, -0.2) is 0 Å². The average molecular weight is 655 g/mol. The molecule has 37 heavy (non-hydrogen) atoms. The second-order valence-corrected chi connectivity index (χ2v) is 12.8. The van der Waals surface area contributed by atoms with E-state index in [9.17, 15) is 14.7 Å². The Hall–Kier alpha value is -1.48. The van der Waals surface area contributed by atoms with Crippen molar-refractivity contribution in [1.82, 2.24) is 9.88 Å². The Morgan fingerprint density at radius 1 is 1.08 bits per heavy atom. The first-order valence-electron chi connectivity index (χ1n) is 13.0. The Morgan fingerprint density at radius 2 is 1.81 bits per heavy atom. The summed E-state index contributed by atoms with van der Waals surface area (Å²) in [5.41, 5.74) is 4.89. The van der Waals surface area contributed by atoms with E-state index in [-0.39, 0.29) is 23.7 Å². The van der Waals surface area contributed by atoms with Crippen LogP contribution in [-0.2, 0) is 27.2 Å². The fourth-order valence-electron chi connectivity index (χ4n) is 6.51. The standard InChI is InChI=1S/C28H31Br2ClN2O4/c1-15(34)37-23-11-19(10-22(35)13-23)28(36)33-6-4-16(5-7-33)26-25-17(9-21(31)12-24(25)30)2-3-18-8-20(29)14-32-27(18)26/h8-9,12,14,16,19,22-23,26,35H,2-7,10-11,13H2,1H3/t19?,22?,23?,26-/m1/s1. The summed E-state index contributed by atoms with van der Waals surface area (Å²) in [4.78, 5) is 31.7. The largest absolute Gasteiger partial charge is 0.462 e. The third-order valence-electron chi connectivity index (χ3n) is 8.06. The van der Waals surface area contributed by atoms with Crippen molar-refractivity contribution in [2.24, 2.45) is 11.8 Å². The fourth-order valence-corrected chi connectivity index (χ4v) is 8.01. The summed E-state index contributed by atoms with van der Waals surface area (Å²) in [6, 6.07) is 6.25. The van der Waals surface area contributed by atoms with Gasteiger partial charge in [0, 0.05) is 58.4 Å². The summed E-state index contributed by atoms with van der Waals surface area (Å²) in [5.74, 6) is -0.181. The molecule has 1 saturated heterocycles. The molecule has 3 aliphatic rings. The number of benzene rings is 1. The predicted octanol–water partition coefficient (Wildman–Crippen LogP) is 5.82. The van der Waals surface area contributed by atoms with Gasteiger partial charge in [-0.1, -0.05) is 27.5 Å². The Balaban J connectivity index is 1.36. The summed E-state index contributed by atoms with van der Waals surface area (Å²) in [5, 5.41) is 11.0. The van der Waals surface area contributed by atoms with Gasteiger partial charge in [0.15, 0.2) is 0 Å². The number of nitrogens with zero attached hydrogens (tertiary/aromatic N) is 2. The lowest BCUT2D eigenvalue weighted by atomic mass is 9.76. The van der Waals surface area contributed by atoms with E-state index < -0.39 is 12.2 Å². The van der Waals surface area contributed by atoms with Gasteiger partial charge in [-0.05, 0) is 95.3 Å². The summed E-state index contributed by atoms with van der Waals surface area (Å²) < 4.78 is 7.34. The monoisotopic (exact) mass is 652 g/mol. The first kappa shape index (κ1) is 27.1. The maximum Gasteiger partial charge on any atom is 0.302 e. The van der Waals surface area contributed by atoms with Crippen molar-refractivity contribution < 1.29 is 19.4 Å². The van der Waals surface area contributed by atoms with Gasteiger partial charge in [-0.15, -0.1) is 0 Å². The Kier molecular flexibility index (Phi) is 8.30. The highest BCUT2D eigenvalue weighted by Gasteiger charge is 2.39.